The van der Waals surface area contributed by atoms with Crippen LogP contribution in [0.3, 0.4) is 0 Å². The molecule has 1 aromatic rings. The molecule has 2 aliphatic rings. The standard InChI is InChI=1S/C14H21N3S/c1-3-6-17-7-4-12-11(9-17)13(16-15-12)14-10(2)5-8-18-14/h5,8,11,13,16H,3-4,6-7,9H2,1-2H3. The first-order chi connectivity index (χ1) is 8.79. The van der Waals surface area contributed by atoms with Crippen molar-refractivity contribution in [3.05, 3.63) is 21.9 Å². The Bertz CT molecular complexity index is 452. The molecule has 98 valence electrons. The highest BCUT2D eigenvalue weighted by Gasteiger charge is 2.37. The van der Waals surface area contributed by atoms with Crippen LogP contribution in [0.25, 0.3) is 0 Å². The normalized spacial score (nSPS) is 27.8. The zero-order chi connectivity index (χ0) is 12.5. The highest BCUT2D eigenvalue weighted by molar-refractivity contribution is 7.10. The number of nitrogens with one attached hydrogen (secondary N) is 1. The highest BCUT2D eigenvalue weighted by atomic mass is 32.1. The summed E-state index contributed by atoms with van der Waals surface area (Å²) in [6.45, 7) is 8.04. The Balaban J connectivity index is 1.77. The molecule has 0 amide bonds. The van der Waals surface area contributed by atoms with Crippen LogP contribution in [-0.4, -0.2) is 30.2 Å². The topological polar surface area (TPSA) is 27.6 Å². The molecule has 0 radical (unpaired) electrons. The smallest absolute Gasteiger partial charge is 0.0877 e. The highest BCUT2D eigenvalue weighted by Crippen LogP contribution is 2.36. The molecule has 0 aromatic carbocycles. The Kier molecular flexibility index (Phi) is 3.39. The fourth-order valence-corrected chi connectivity index (χ4v) is 4.11. The summed E-state index contributed by atoms with van der Waals surface area (Å²) in [5, 5.41) is 6.77. The van der Waals surface area contributed by atoms with Gasteiger partial charge in [0.05, 0.1) is 6.04 Å². The number of rotatable bonds is 3. The molecule has 18 heavy (non-hydrogen) atoms. The first kappa shape index (κ1) is 12.2. The van der Waals surface area contributed by atoms with Crippen molar-refractivity contribution in [1.82, 2.24) is 10.3 Å². The van der Waals surface area contributed by atoms with Gasteiger partial charge in [-0.2, -0.15) is 5.10 Å². The second-order valence-electron chi connectivity index (χ2n) is 5.33. The second kappa shape index (κ2) is 5.02. The van der Waals surface area contributed by atoms with E-state index in [0.29, 0.717) is 12.0 Å². The van der Waals surface area contributed by atoms with Gasteiger partial charge in [-0.05, 0) is 36.9 Å². The summed E-state index contributed by atoms with van der Waals surface area (Å²) in [7, 11) is 0. The maximum absolute atomic E-state index is 4.58. The summed E-state index contributed by atoms with van der Waals surface area (Å²) in [5.41, 5.74) is 6.17. The number of fused-ring (bicyclic) bond motifs is 1. The van der Waals surface area contributed by atoms with E-state index in [2.05, 4.69) is 40.7 Å². The van der Waals surface area contributed by atoms with E-state index >= 15 is 0 Å². The largest absolute Gasteiger partial charge is 0.302 e. The molecule has 2 unspecified atom stereocenters. The van der Waals surface area contributed by atoms with E-state index in [9.17, 15) is 0 Å². The van der Waals surface area contributed by atoms with Gasteiger partial charge in [-0.1, -0.05) is 6.92 Å². The van der Waals surface area contributed by atoms with Crippen molar-refractivity contribution >= 4 is 17.0 Å². The number of hydrogen-bond donors (Lipinski definition) is 1. The van der Waals surface area contributed by atoms with Crippen molar-refractivity contribution in [2.45, 2.75) is 32.7 Å². The Morgan fingerprint density at radius 2 is 2.44 bits per heavy atom. The third kappa shape index (κ3) is 2.08. The Hall–Kier alpha value is -0.870. The van der Waals surface area contributed by atoms with Crippen LogP contribution < -0.4 is 5.43 Å². The molecule has 4 heteroatoms. The molecule has 2 atom stereocenters. The van der Waals surface area contributed by atoms with Gasteiger partial charge in [0.15, 0.2) is 0 Å². The number of thiophene rings is 1. The number of hydrogen-bond acceptors (Lipinski definition) is 4. The molecule has 1 N–H and O–H groups in total. The van der Waals surface area contributed by atoms with Gasteiger partial charge in [0, 0.05) is 36.0 Å². The fraction of sp³-hybridized carbons (Fsp3) is 0.643. The van der Waals surface area contributed by atoms with E-state index in [1.165, 1.54) is 42.2 Å². The van der Waals surface area contributed by atoms with E-state index in [0.717, 1.165) is 6.42 Å². The van der Waals surface area contributed by atoms with Crippen LogP contribution in [0.4, 0.5) is 0 Å². The molecule has 2 aliphatic heterocycles. The summed E-state index contributed by atoms with van der Waals surface area (Å²) in [6.07, 6.45) is 2.38. The summed E-state index contributed by atoms with van der Waals surface area (Å²) < 4.78 is 0. The maximum atomic E-state index is 4.58. The van der Waals surface area contributed by atoms with Crippen LogP contribution in [0, 0.1) is 12.8 Å². The van der Waals surface area contributed by atoms with Gasteiger partial charge >= 0.3 is 0 Å². The zero-order valence-electron chi connectivity index (χ0n) is 11.1. The van der Waals surface area contributed by atoms with Crippen LogP contribution >= 0.6 is 11.3 Å². The second-order valence-corrected chi connectivity index (χ2v) is 6.28. The Labute approximate surface area is 113 Å². The molecule has 0 saturated carbocycles. The minimum Gasteiger partial charge on any atom is -0.302 e. The molecule has 0 spiro atoms. The number of aryl methyl sites for hydroxylation is 1. The van der Waals surface area contributed by atoms with E-state index in [4.69, 9.17) is 0 Å². The van der Waals surface area contributed by atoms with Crippen molar-refractivity contribution in [2.75, 3.05) is 19.6 Å². The molecule has 1 fully saturated rings. The van der Waals surface area contributed by atoms with E-state index < -0.39 is 0 Å². The summed E-state index contributed by atoms with van der Waals surface area (Å²) in [5.74, 6) is 0.586. The summed E-state index contributed by atoms with van der Waals surface area (Å²) >= 11 is 1.86. The van der Waals surface area contributed by atoms with Gasteiger partial charge in [0.25, 0.3) is 0 Å². The van der Waals surface area contributed by atoms with Crippen molar-refractivity contribution in [3.8, 4) is 0 Å². The molecule has 1 saturated heterocycles. The maximum Gasteiger partial charge on any atom is 0.0877 e. The molecule has 3 rings (SSSR count). The van der Waals surface area contributed by atoms with Crippen LogP contribution in [0.1, 0.15) is 36.2 Å². The molecule has 0 aliphatic carbocycles. The average molecular weight is 263 g/mol. The number of nitrogens with zero attached hydrogens (tertiary/aromatic N) is 2. The summed E-state index contributed by atoms with van der Waals surface area (Å²) in [6, 6.07) is 2.63. The lowest BCUT2D eigenvalue weighted by atomic mass is 9.88. The fourth-order valence-electron chi connectivity index (χ4n) is 3.08. The molecule has 3 nitrogen and oxygen atoms in total. The molecule has 0 bridgehead atoms. The number of piperidine rings is 1. The summed E-state index contributed by atoms with van der Waals surface area (Å²) in [4.78, 5) is 4.06. The van der Waals surface area contributed by atoms with Crippen LogP contribution in [0.15, 0.2) is 16.5 Å². The molecular formula is C14H21N3S. The minimum absolute atomic E-state index is 0.416. The minimum atomic E-state index is 0.416. The monoisotopic (exact) mass is 263 g/mol. The third-order valence-electron chi connectivity index (χ3n) is 4.04. The van der Waals surface area contributed by atoms with Gasteiger partial charge in [0.2, 0.25) is 0 Å². The first-order valence-electron chi connectivity index (χ1n) is 6.88. The quantitative estimate of drug-likeness (QED) is 0.908. The predicted octanol–water partition coefficient (Wildman–Crippen LogP) is 2.79. The first-order valence-corrected chi connectivity index (χ1v) is 7.76. The SMILES string of the molecule is CCCN1CCC2=NNC(c3sccc3C)C2C1. The van der Waals surface area contributed by atoms with Crippen molar-refractivity contribution < 1.29 is 0 Å². The van der Waals surface area contributed by atoms with Crippen LogP contribution in [0.2, 0.25) is 0 Å². The molecule has 1 aromatic heterocycles. The Morgan fingerprint density at radius 1 is 1.56 bits per heavy atom. The van der Waals surface area contributed by atoms with Gasteiger partial charge in [0.1, 0.15) is 0 Å². The van der Waals surface area contributed by atoms with Gasteiger partial charge in [-0.25, -0.2) is 0 Å². The third-order valence-corrected chi connectivity index (χ3v) is 5.14. The molecule has 3 heterocycles. The average Bonchev–Trinajstić information content (AvgIpc) is 2.95. The lowest BCUT2D eigenvalue weighted by Gasteiger charge is -2.33. The van der Waals surface area contributed by atoms with Crippen molar-refractivity contribution in [2.24, 2.45) is 11.0 Å². The van der Waals surface area contributed by atoms with Crippen molar-refractivity contribution in [1.29, 1.82) is 0 Å². The Morgan fingerprint density at radius 3 is 3.17 bits per heavy atom. The lowest BCUT2D eigenvalue weighted by molar-refractivity contribution is 0.229. The van der Waals surface area contributed by atoms with E-state index in [-0.39, 0.29) is 0 Å². The van der Waals surface area contributed by atoms with Crippen molar-refractivity contribution in [3.63, 3.8) is 0 Å². The van der Waals surface area contributed by atoms with Crippen LogP contribution in [0.5, 0.6) is 0 Å². The number of hydrazone groups is 1. The molecular weight excluding hydrogens is 242 g/mol. The number of likely N-dealkylation sites (tertiary alicyclic amines) is 1. The van der Waals surface area contributed by atoms with Gasteiger partial charge in [-0.3, -0.25) is 0 Å². The zero-order valence-corrected chi connectivity index (χ0v) is 12.0. The van der Waals surface area contributed by atoms with E-state index in [1.54, 1.807) is 0 Å². The van der Waals surface area contributed by atoms with E-state index in [1.807, 2.05) is 11.3 Å². The predicted molar refractivity (Wildman–Crippen MR) is 77.2 cm³/mol. The van der Waals surface area contributed by atoms with Gasteiger partial charge in [-0.15, -0.1) is 11.3 Å². The van der Waals surface area contributed by atoms with Gasteiger partial charge < -0.3 is 10.3 Å². The van der Waals surface area contributed by atoms with Crippen LogP contribution in [-0.2, 0) is 0 Å². The lowest BCUT2D eigenvalue weighted by Crippen LogP contribution is -2.42.